The number of aldehydes is 1. The van der Waals surface area contributed by atoms with Crippen LogP contribution in [0.4, 0.5) is 0 Å². The standard InChI is InChI=1S/C24H27N3O2S.ClH/c25-20(13-18-16-30-23-11-5-4-9-19(18)23)24(29)26-21(15-28)22-10-6-12-27(22)14-17-7-2-1-3-8-17;/h1-5,7-9,11,15-16,20-22H,6,10,12-14,25H2,(H,26,29);1H/t20-,21+,22?;/m0./s1. The van der Waals surface area contributed by atoms with E-state index < -0.39 is 12.1 Å². The second-order valence-corrected chi connectivity index (χ2v) is 8.82. The van der Waals surface area contributed by atoms with Crippen LogP contribution < -0.4 is 11.1 Å². The topological polar surface area (TPSA) is 75.4 Å². The van der Waals surface area contributed by atoms with Crippen molar-refractivity contribution in [2.75, 3.05) is 6.54 Å². The molecule has 1 aliphatic rings. The quantitative estimate of drug-likeness (QED) is 0.507. The number of thiophene rings is 1. The highest BCUT2D eigenvalue weighted by molar-refractivity contribution is 7.17. The molecule has 1 amide bonds. The van der Waals surface area contributed by atoms with Crippen molar-refractivity contribution in [3.63, 3.8) is 0 Å². The first-order valence-electron chi connectivity index (χ1n) is 10.4. The summed E-state index contributed by atoms with van der Waals surface area (Å²) in [5, 5.41) is 6.12. The highest BCUT2D eigenvalue weighted by Crippen LogP contribution is 2.26. The molecule has 4 rings (SSSR count). The van der Waals surface area contributed by atoms with Crippen molar-refractivity contribution in [3.05, 3.63) is 71.1 Å². The third kappa shape index (κ3) is 5.52. The Labute approximate surface area is 193 Å². The third-order valence-corrected chi connectivity index (χ3v) is 6.86. The van der Waals surface area contributed by atoms with Crippen molar-refractivity contribution in [2.24, 2.45) is 5.73 Å². The second-order valence-electron chi connectivity index (χ2n) is 7.90. The highest BCUT2D eigenvalue weighted by Gasteiger charge is 2.33. The fourth-order valence-electron chi connectivity index (χ4n) is 4.29. The van der Waals surface area contributed by atoms with Crippen molar-refractivity contribution in [1.82, 2.24) is 10.2 Å². The van der Waals surface area contributed by atoms with E-state index in [2.05, 4.69) is 39.9 Å². The molecule has 2 aromatic carbocycles. The Kier molecular flexibility index (Phi) is 8.21. The lowest BCUT2D eigenvalue weighted by molar-refractivity contribution is -0.126. The van der Waals surface area contributed by atoms with Gasteiger partial charge in [-0.15, -0.1) is 23.7 Å². The molecule has 7 heteroatoms. The fraction of sp³-hybridized carbons (Fsp3) is 0.333. The first-order valence-corrected chi connectivity index (χ1v) is 11.3. The number of hydrogen-bond donors (Lipinski definition) is 2. The Morgan fingerprint density at radius 2 is 1.94 bits per heavy atom. The predicted octanol–water partition coefficient (Wildman–Crippen LogP) is 3.54. The van der Waals surface area contributed by atoms with E-state index >= 15 is 0 Å². The number of nitrogens with zero attached hydrogens (tertiary/aromatic N) is 1. The lowest BCUT2D eigenvalue weighted by atomic mass is 10.0. The number of benzene rings is 2. The van der Waals surface area contributed by atoms with E-state index in [0.717, 1.165) is 43.2 Å². The van der Waals surface area contributed by atoms with Gasteiger partial charge in [-0.05, 0) is 53.8 Å². The Bertz CT molecular complexity index is 1010. The van der Waals surface area contributed by atoms with E-state index in [-0.39, 0.29) is 24.4 Å². The number of nitrogens with one attached hydrogen (secondary N) is 1. The van der Waals surface area contributed by atoms with E-state index in [4.69, 9.17) is 5.73 Å². The number of nitrogens with two attached hydrogens (primary N) is 1. The normalized spacial score (nSPS) is 18.3. The molecule has 31 heavy (non-hydrogen) atoms. The molecular formula is C24H28ClN3O2S. The summed E-state index contributed by atoms with van der Waals surface area (Å²) in [6.07, 6.45) is 3.23. The van der Waals surface area contributed by atoms with Gasteiger partial charge in [0.15, 0.2) is 0 Å². The zero-order chi connectivity index (χ0) is 20.9. The number of halogens is 1. The van der Waals surface area contributed by atoms with Gasteiger partial charge in [0.25, 0.3) is 0 Å². The van der Waals surface area contributed by atoms with Crippen molar-refractivity contribution in [1.29, 1.82) is 0 Å². The first-order chi connectivity index (χ1) is 14.7. The maximum Gasteiger partial charge on any atom is 0.237 e. The van der Waals surface area contributed by atoms with Crippen LogP contribution in [-0.2, 0) is 22.6 Å². The van der Waals surface area contributed by atoms with Gasteiger partial charge in [-0.3, -0.25) is 9.69 Å². The van der Waals surface area contributed by atoms with E-state index in [0.29, 0.717) is 6.42 Å². The minimum absolute atomic E-state index is 0. The summed E-state index contributed by atoms with van der Waals surface area (Å²) < 4.78 is 1.19. The average Bonchev–Trinajstić information content (AvgIpc) is 3.40. The van der Waals surface area contributed by atoms with Gasteiger partial charge in [0.05, 0.1) is 12.1 Å². The molecule has 0 radical (unpaired) electrons. The van der Waals surface area contributed by atoms with Crippen molar-refractivity contribution in [2.45, 2.75) is 43.9 Å². The maximum absolute atomic E-state index is 12.8. The summed E-state index contributed by atoms with van der Waals surface area (Å²) in [4.78, 5) is 26.9. The second kappa shape index (κ2) is 10.9. The van der Waals surface area contributed by atoms with Gasteiger partial charge in [0.1, 0.15) is 6.29 Å². The summed E-state index contributed by atoms with van der Waals surface area (Å²) >= 11 is 1.66. The summed E-state index contributed by atoms with van der Waals surface area (Å²) in [7, 11) is 0. The number of carbonyl (C=O) groups is 2. The zero-order valence-corrected chi connectivity index (χ0v) is 18.9. The monoisotopic (exact) mass is 457 g/mol. The molecule has 3 N–H and O–H groups in total. The highest BCUT2D eigenvalue weighted by atomic mass is 35.5. The van der Waals surface area contributed by atoms with Crippen molar-refractivity contribution < 1.29 is 9.59 Å². The lowest BCUT2D eigenvalue weighted by Crippen LogP contribution is -2.54. The van der Waals surface area contributed by atoms with Crippen LogP contribution in [0.3, 0.4) is 0 Å². The molecule has 2 heterocycles. The molecule has 1 aliphatic heterocycles. The van der Waals surface area contributed by atoms with E-state index in [1.807, 2.05) is 30.3 Å². The molecule has 5 nitrogen and oxygen atoms in total. The van der Waals surface area contributed by atoms with Crippen LogP contribution in [0, 0.1) is 0 Å². The molecule has 0 saturated carbocycles. The zero-order valence-electron chi connectivity index (χ0n) is 17.3. The van der Waals surface area contributed by atoms with Gasteiger partial charge >= 0.3 is 0 Å². The van der Waals surface area contributed by atoms with Crippen molar-refractivity contribution >= 4 is 46.0 Å². The number of carbonyl (C=O) groups excluding carboxylic acids is 2. The largest absolute Gasteiger partial charge is 0.344 e. The minimum atomic E-state index is -0.686. The van der Waals surface area contributed by atoms with Crippen LogP contribution >= 0.6 is 23.7 Å². The number of amides is 1. The minimum Gasteiger partial charge on any atom is -0.344 e. The molecule has 1 unspecified atom stereocenters. The van der Waals surface area contributed by atoms with Crippen LogP contribution in [0.25, 0.3) is 10.1 Å². The lowest BCUT2D eigenvalue weighted by Gasteiger charge is -2.30. The smallest absolute Gasteiger partial charge is 0.237 e. The molecule has 1 aromatic heterocycles. The summed E-state index contributed by atoms with van der Waals surface area (Å²) in [6, 6.07) is 17.1. The SMILES string of the molecule is Cl.N[C@@H](Cc1csc2ccccc12)C(=O)N[C@H](C=O)C1CCCN1Cc1ccccc1. The number of rotatable bonds is 8. The fourth-order valence-corrected chi connectivity index (χ4v) is 5.26. The van der Waals surface area contributed by atoms with Crippen LogP contribution in [0.2, 0.25) is 0 Å². The summed E-state index contributed by atoms with van der Waals surface area (Å²) in [5.41, 5.74) is 8.51. The van der Waals surface area contributed by atoms with Gasteiger partial charge in [-0.25, -0.2) is 0 Å². The van der Waals surface area contributed by atoms with Gasteiger partial charge in [0.2, 0.25) is 5.91 Å². The van der Waals surface area contributed by atoms with Crippen LogP contribution in [0.5, 0.6) is 0 Å². The van der Waals surface area contributed by atoms with Gasteiger partial charge < -0.3 is 15.8 Å². The predicted molar refractivity (Wildman–Crippen MR) is 129 cm³/mol. The summed E-state index contributed by atoms with van der Waals surface area (Å²) in [6.45, 7) is 1.70. The van der Waals surface area contributed by atoms with Crippen molar-refractivity contribution in [3.8, 4) is 0 Å². The van der Waals surface area contributed by atoms with Crippen LogP contribution in [0.15, 0.2) is 60.0 Å². The first kappa shape index (κ1) is 23.4. The maximum atomic E-state index is 12.8. The molecule has 1 saturated heterocycles. The molecular weight excluding hydrogens is 430 g/mol. The third-order valence-electron chi connectivity index (χ3n) is 5.85. The molecule has 0 aliphatic carbocycles. The molecule has 0 spiro atoms. The number of hydrogen-bond acceptors (Lipinski definition) is 5. The molecule has 1 fully saturated rings. The van der Waals surface area contributed by atoms with Gasteiger partial charge in [0, 0.05) is 17.3 Å². The number of likely N-dealkylation sites (tertiary alicyclic amines) is 1. The average molecular weight is 458 g/mol. The van der Waals surface area contributed by atoms with E-state index in [1.165, 1.54) is 10.3 Å². The van der Waals surface area contributed by atoms with E-state index in [9.17, 15) is 9.59 Å². The molecule has 3 atom stereocenters. The van der Waals surface area contributed by atoms with Crippen LogP contribution in [0.1, 0.15) is 24.0 Å². The Hall–Kier alpha value is -2.25. The van der Waals surface area contributed by atoms with E-state index in [1.54, 1.807) is 11.3 Å². The van der Waals surface area contributed by atoms with Gasteiger partial charge in [-0.2, -0.15) is 0 Å². The Balaban J connectivity index is 0.00000272. The van der Waals surface area contributed by atoms with Crippen LogP contribution in [-0.4, -0.2) is 41.8 Å². The molecule has 3 aromatic rings. The molecule has 164 valence electrons. The Morgan fingerprint density at radius 1 is 1.19 bits per heavy atom. The Morgan fingerprint density at radius 3 is 2.71 bits per heavy atom. The van der Waals surface area contributed by atoms with Gasteiger partial charge in [-0.1, -0.05) is 48.5 Å². The number of fused-ring (bicyclic) bond motifs is 1. The molecule has 0 bridgehead atoms. The summed E-state index contributed by atoms with van der Waals surface area (Å²) in [5.74, 6) is -0.269.